The number of carboxylic acid groups (broad SMARTS) is 1. The van der Waals surface area contributed by atoms with Gasteiger partial charge in [-0.15, -0.1) is 0 Å². The number of carbonyl (C=O) groups is 1. The number of carboxylic acids is 1. The van der Waals surface area contributed by atoms with Gasteiger partial charge < -0.3 is 15.3 Å². The van der Waals surface area contributed by atoms with Crippen molar-refractivity contribution in [2.45, 2.75) is 124 Å². The van der Waals surface area contributed by atoms with Crippen molar-refractivity contribution in [1.29, 1.82) is 0 Å². The average Bonchev–Trinajstić information content (AvgIpc) is 2.74. The van der Waals surface area contributed by atoms with Gasteiger partial charge in [0, 0.05) is 5.92 Å². The standard InChI is InChI=1S/C31H50O4/c1-19-10-15-31(18-24(33)34)17-16-28(5)20(25(31)30(19,7)35)8-9-22-27(4)13-12-23(32)26(2,3)21(27)11-14-29(22,28)6/h8,19,21-23,25,32,35H,9-18H2,1-7H3,(H,33,34)/t19-,21+,22-,23-,25-,27+,28-,29-,30-,31-/m1/s1. The summed E-state index contributed by atoms with van der Waals surface area (Å²) < 4.78 is 0. The molecule has 5 aliphatic rings. The van der Waals surface area contributed by atoms with Gasteiger partial charge in [0.05, 0.1) is 18.1 Å². The van der Waals surface area contributed by atoms with Crippen LogP contribution < -0.4 is 0 Å². The summed E-state index contributed by atoms with van der Waals surface area (Å²) in [6, 6.07) is 0. The van der Waals surface area contributed by atoms with Crippen LogP contribution in [0.2, 0.25) is 0 Å². The molecule has 0 amide bonds. The number of aliphatic hydroxyl groups excluding tert-OH is 1. The molecular weight excluding hydrogens is 436 g/mol. The van der Waals surface area contributed by atoms with Gasteiger partial charge in [0.2, 0.25) is 0 Å². The lowest BCUT2D eigenvalue weighted by Gasteiger charge is -2.72. The Balaban J connectivity index is 1.62. The van der Waals surface area contributed by atoms with Crippen molar-refractivity contribution in [3.05, 3.63) is 11.6 Å². The largest absolute Gasteiger partial charge is 0.481 e. The van der Waals surface area contributed by atoms with Gasteiger partial charge in [-0.25, -0.2) is 0 Å². The van der Waals surface area contributed by atoms with E-state index in [2.05, 4.69) is 47.6 Å². The molecule has 0 aromatic rings. The average molecular weight is 487 g/mol. The molecule has 4 heteroatoms. The van der Waals surface area contributed by atoms with Gasteiger partial charge in [-0.05, 0) is 110 Å². The molecule has 0 aromatic carbocycles. The molecule has 35 heavy (non-hydrogen) atoms. The number of fused-ring (bicyclic) bond motifs is 7. The Labute approximate surface area is 213 Å². The maximum Gasteiger partial charge on any atom is 0.303 e. The summed E-state index contributed by atoms with van der Waals surface area (Å²) in [6.07, 6.45) is 11.4. The van der Waals surface area contributed by atoms with Gasteiger partial charge in [-0.1, -0.05) is 53.2 Å². The zero-order valence-electron chi connectivity index (χ0n) is 23.3. The molecule has 0 aromatic heterocycles. The van der Waals surface area contributed by atoms with Crippen LogP contribution in [0.4, 0.5) is 0 Å². The van der Waals surface area contributed by atoms with Crippen molar-refractivity contribution >= 4 is 5.97 Å². The Morgan fingerprint density at radius 3 is 2.29 bits per heavy atom. The summed E-state index contributed by atoms with van der Waals surface area (Å²) >= 11 is 0. The number of aliphatic carboxylic acids is 1. The molecule has 4 saturated carbocycles. The van der Waals surface area contributed by atoms with Crippen LogP contribution in [0.25, 0.3) is 0 Å². The smallest absolute Gasteiger partial charge is 0.303 e. The lowest BCUT2D eigenvalue weighted by molar-refractivity contribution is -0.215. The second kappa shape index (κ2) is 7.59. The number of hydrogen-bond donors (Lipinski definition) is 3. The quantitative estimate of drug-likeness (QED) is 0.385. The molecule has 0 saturated heterocycles. The molecule has 0 bridgehead atoms. The normalized spacial score (nSPS) is 55.0. The number of rotatable bonds is 2. The van der Waals surface area contributed by atoms with Crippen molar-refractivity contribution in [1.82, 2.24) is 0 Å². The van der Waals surface area contributed by atoms with E-state index in [1.165, 1.54) is 5.57 Å². The predicted octanol–water partition coefficient (Wildman–Crippen LogP) is 6.59. The number of aliphatic hydroxyl groups is 2. The molecule has 3 N–H and O–H groups in total. The van der Waals surface area contributed by atoms with Crippen LogP contribution in [0.5, 0.6) is 0 Å². The maximum absolute atomic E-state index is 12.1. The molecular formula is C31H50O4. The van der Waals surface area contributed by atoms with Crippen molar-refractivity contribution in [2.75, 3.05) is 0 Å². The van der Waals surface area contributed by atoms with E-state index in [1.807, 2.05) is 6.92 Å². The minimum Gasteiger partial charge on any atom is -0.481 e. The summed E-state index contributed by atoms with van der Waals surface area (Å²) in [7, 11) is 0. The predicted molar refractivity (Wildman–Crippen MR) is 139 cm³/mol. The van der Waals surface area contributed by atoms with Crippen LogP contribution in [0, 0.1) is 50.7 Å². The summed E-state index contributed by atoms with van der Waals surface area (Å²) in [4.78, 5) is 12.1. The van der Waals surface area contributed by atoms with Crippen molar-refractivity contribution in [3.63, 3.8) is 0 Å². The summed E-state index contributed by atoms with van der Waals surface area (Å²) in [5.41, 5.74) is 0.378. The first-order valence-electron chi connectivity index (χ1n) is 14.4. The highest BCUT2D eigenvalue weighted by molar-refractivity contribution is 5.68. The Bertz CT molecular complexity index is 934. The molecule has 10 atom stereocenters. The number of hydrogen-bond acceptors (Lipinski definition) is 3. The molecule has 5 aliphatic carbocycles. The van der Waals surface area contributed by atoms with E-state index in [0.717, 1.165) is 57.8 Å². The van der Waals surface area contributed by atoms with E-state index in [9.17, 15) is 20.1 Å². The van der Waals surface area contributed by atoms with E-state index < -0.39 is 11.6 Å². The van der Waals surface area contributed by atoms with Gasteiger partial charge in [0.15, 0.2) is 0 Å². The van der Waals surface area contributed by atoms with E-state index in [1.54, 1.807) is 0 Å². The van der Waals surface area contributed by atoms with Crippen LogP contribution >= 0.6 is 0 Å². The van der Waals surface area contributed by atoms with Crippen LogP contribution in [-0.2, 0) is 4.79 Å². The highest BCUT2D eigenvalue weighted by atomic mass is 16.4. The lowest BCUT2D eigenvalue weighted by atomic mass is 9.33. The van der Waals surface area contributed by atoms with E-state index in [-0.39, 0.29) is 51.4 Å². The second-order valence-corrected chi connectivity index (χ2v) is 15.2. The van der Waals surface area contributed by atoms with Crippen molar-refractivity contribution < 1.29 is 20.1 Å². The molecule has 0 heterocycles. The SMILES string of the molecule is C[C@@H]1CC[C@]2(CC(=O)O)CC[C@]3(C)C(=CC[C@@H]4[C@@]5(C)CC[C@@H](O)C(C)(C)[C@@H]5CC[C@]43C)[C@@H]2[C@]1(C)O. The van der Waals surface area contributed by atoms with Gasteiger partial charge in [0.25, 0.3) is 0 Å². The molecule has 4 fully saturated rings. The fourth-order valence-corrected chi connectivity index (χ4v) is 11.2. The van der Waals surface area contributed by atoms with Gasteiger partial charge in [0.1, 0.15) is 0 Å². The van der Waals surface area contributed by atoms with Crippen LogP contribution in [-0.4, -0.2) is 33.0 Å². The summed E-state index contributed by atoms with van der Waals surface area (Å²) in [6.45, 7) is 16.3. The number of allylic oxidation sites excluding steroid dienone is 1. The lowest BCUT2D eigenvalue weighted by Crippen LogP contribution is -2.66. The first-order chi connectivity index (χ1) is 16.1. The van der Waals surface area contributed by atoms with E-state index in [4.69, 9.17) is 0 Å². The monoisotopic (exact) mass is 486 g/mol. The van der Waals surface area contributed by atoms with E-state index >= 15 is 0 Å². The Hall–Kier alpha value is -0.870. The summed E-state index contributed by atoms with van der Waals surface area (Å²) in [5, 5.41) is 32.9. The third-order valence-corrected chi connectivity index (χ3v) is 13.7. The maximum atomic E-state index is 12.1. The fraction of sp³-hybridized carbons (Fsp3) is 0.903. The van der Waals surface area contributed by atoms with E-state index in [0.29, 0.717) is 11.8 Å². The minimum absolute atomic E-state index is 0.0299. The molecule has 198 valence electrons. The first-order valence-corrected chi connectivity index (χ1v) is 14.4. The minimum atomic E-state index is -0.886. The van der Waals surface area contributed by atoms with Gasteiger partial charge >= 0.3 is 5.97 Å². The Kier molecular flexibility index (Phi) is 5.59. The third kappa shape index (κ3) is 3.14. The molecule has 0 radical (unpaired) electrons. The highest BCUT2D eigenvalue weighted by Crippen LogP contribution is 2.76. The van der Waals surface area contributed by atoms with Gasteiger partial charge in [-0.2, -0.15) is 0 Å². The topological polar surface area (TPSA) is 77.8 Å². The molecule has 4 nitrogen and oxygen atoms in total. The third-order valence-electron chi connectivity index (χ3n) is 13.7. The molecule has 0 aliphatic heterocycles. The van der Waals surface area contributed by atoms with Crippen molar-refractivity contribution in [3.8, 4) is 0 Å². The van der Waals surface area contributed by atoms with Crippen LogP contribution in [0.15, 0.2) is 11.6 Å². The molecule has 0 unspecified atom stereocenters. The highest BCUT2D eigenvalue weighted by Gasteiger charge is 2.70. The second-order valence-electron chi connectivity index (χ2n) is 15.2. The van der Waals surface area contributed by atoms with Crippen LogP contribution in [0.1, 0.15) is 113 Å². The zero-order valence-corrected chi connectivity index (χ0v) is 23.3. The molecule has 5 rings (SSSR count). The van der Waals surface area contributed by atoms with Crippen molar-refractivity contribution in [2.24, 2.45) is 50.7 Å². The van der Waals surface area contributed by atoms with Gasteiger partial charge in [-0.3, -0.25) is 4.79 Å². The molecule has 0 spiro atoms. The Morgan fingerprint density at radius 1 is 0.943 bits per heavy atom. The Morgan fingerprint density at radius 2 is 1.63 bits per heavy atom. The summed E-state index contributed by atoms with van der Waals surface area (Å²) in [5.74, 6) is 0.425. The first kappa shape index (κ1) is 25.8. The fourth-order valence-electron chi connectivity index (χ4n) is 11.2. The zero-order chi connectivity index (χ0) is 25.8. The van der Waals surface area contributed by atoms with Crippen LogP contribution in [0.3, 0.4) is 0 Å².